The minimum absolute atomic E-state index is 0.133. The second-order valence-electron chi connectivity index (χ2n) is 5.51. The largest absolute Gasteiger partial charge is 0.489 e. The number of ether oxygens (including phenoxy) is 1. The molecule has 23 heavy (non-hydrogen) atoms. The zero-order chi connectivity index (χ0) is 16.1. The van der Waals surface area contributed by atoms with Gasteiger partial charge in [-0.3, -0.25) is 4.79 Å². The van der Waals surface area contributed by atoms with Crippen molar-refractivity contribution in [1.29, 1.82) is 0 Å². The molecule has 116 valence electrons. The Labute approximate surface area is 135 Å². The van der Waals surface area contributed by atoms with E-state index in [1.165, 1.54) is 10.8 Å². The van der Waals surface area contributed by atoms with Crippen LogP contribution in [0.25, 0.3) is 10.8 Å². The molecule has 0 radical (unpaired) electrons. The molecule has 0 fully saturated rings. The number of fused-ring (bicyclic) bond motifs is 1. The van der Waals surface area contributed by atoms with E-state index in [2.05, 4.69) is 30.3 Å². The van der Waals surface area contributed by atoms with E-state index in [-0.39, 0.29) is 6.42 Å². The number of carboxylic acids is 1. The molecule has 0 aromatic heterocycles. The number of carboxylic acid groups (broad SMARTS) is 1. The highest BCUT2D eigenvalue weighted by Gasteiger charge is 2.02. The first-order chi connectivity index (χ1) is 11.2. The van der Waals surface area contributed by atoms with Crippen molar-refractivity contribution < 1.29 is 14.6 Å². The first-order valence-electron chi connectivity index (χ1n) is 7.62. The van der Waals surface area contributed by atoms with Crippen molar-refractivity contribution in [1.82, 2.24) is 0 Å². The van der Waals surface area contributed by atoms with Gasteiger partial charge in [0.25, 0.3) is 0 Å². The second-order valence-corrected chi connectivity index (χ2v) is 5.51. The molecule has 3 nitrogen and oxygen atoms in total. The average Bonchev–Trinajstić information content (AvgIpc) is 2.58. The topological polar surface area (TPSA) is 46.5 Å². The highest BCUT2D eigenvalue weighted by atomic mass is 16.5. The van der Waals surface area contributed by atoms with Crippen LogP contribution in [0, 0.1) is 0 Å². The van der Waals surface area contributed by atoms with Crippen molar-refractivity contribution in [3.05, 3.63) is 77.9 Å². The van der Waals surface area contributed by atoms with Crippen LogP contribution in [-0.2, 0) is 17.8 Å². The Morgan fingerprint density at radius 3 is 2.52 bits per heavy atom. The van der Waals surface area contributed by atoms with Gasteiger partial charge in [-0.05, 0) is 46.5 Å². The Bertz CT molecular complexity index is 824. The fourth-order valence-corrected chi connectivity index (χ4v) is 2.54. The molecule has 3 aromatic carbocycles. The van der Waals surface area contributed by atoms with Crippen LogP contribution in [0.5, 0.6) is 5.75 Å². The van der Waals surface area contributed by atoms with E-state index in [1.807, 2.05) is 36.4 Å². The normalized spacial score (nSPS) is 10.6. The van der Waals surface area contributed by atoms with Crippen molar-refractivity contribution in [3.8, 4) is 5.75 Å². The molecule has 0 unspecified atom stereocenters. The summed E-state index contributed by atoms with van der Waals surface area (Å²) in [5.74, 6) is -0.0199. The minimum atomic E-state index is -0.785. The SMILES string of the molecule is O=C(O)CCc1cccc(OCc2ccc3ccccc3c2)c1. The van der Waals surface area contributed by atoms with Crippen LogP contribution in [0.4, 0.5) is 0 Å². The lowest BCUT2D eigenvalue weighted by Gasteiger charge is -2.09. The van der Waals surface area contributed by atoms with Crippen LogP contribution in [0.1, 0.15) is 17.5 Å². The molecule has 3 heteroatoms. The molecular weight excluding hydrogens is 288 g/mol. The fourth-order valence-electron chi connectivity index (χ4n) is 2.54. The van der Waals surface area contributed by atoms with Gasteiger partial charge in [-0.25, -0.2) is 0 Å². The van der Waals surface area contributed by atoms with E-state index < -0.39 is 5.97 Å². The predicted molar refractivity (Wildman–Crippen MR) is 90.7 cm³/mol. The molecule has 0 aliphatic heterocycles. The van der Waals surface area contributed by atoms with Gasteiger partial charge in [-0.15, -0.1) is 0 Å². The third kappa shape index (κ3) is 4.10. The summed E-state index contributed by atoms with van der Waals surface area (Å²) in [5.41, 5.74) is 2.09. The molecule has 0 spiro atoms. The van der Waals surface area contributed by atoms with E-state index in [1.54, 1.807) is 0 Å². The molecule has 3 rings (SSSR count). The number of hydrogen-bond donors (Lipinski definition) is 1. The van der Waals surface area contributed by atoms with Crippen LogP contribution < -0.4 is 4.74 Å². The van der Waals surface area contributed by atoms with Gasteiger partial charge in [0.2, 0.25) is 0 Å². The lowest BCUT2D eigenvalue weighted by Crippen LogP contribution is -1.99. The fraction of sp³-hybridized carbons (Fsp3) is 0.150. The maximum absolute atomic E-state index is 10.6. The number of aryl methyl sites for hydroxylation is 1. The van der Waals surface area contributed by atoms with Gasteiger partial charge in [-0.2, -0.15) is 0 Å². The van der Waals surface area contributed by atoms with Crippen molar-refractivity contribution in [2.45, 2.75) is 19.4 Å². The number of aliphatic carboxylic acids is 1. The zero-order valence-corrected chi connectivity index (χ0v) is 12.7. The van der Waals surface area contributed by atoms with Crippen molar-refractivity contribution in [3.63, 3.8) is 0 Å². The van der Waals surface area contributed by atoms with Gasteiger partial charge in [0.1, 0.15) is 12.4 Å². The number of carbonyl (C=O) groups is 1. The third-order valence-electron chi connectivity index (χ3n) is 3.75. The maximum atomic E-state index is 10.6. The van der Waals surface area contributed by atoms with Gasteiger partial charge < -0.3 is 9.84 Å². The van der Waals surface area contributed by atoms with E-state index in [9.17, 15) is 4.79 Å². The van der Waals surface area contributed by atoms with Gasteiger partial charge in [0.15, 0.2) is 0 Å². The van der Waals surface area contributed by atoms with Crippen molar-refractivity contribution in [2.24, 2.45) is 0 Å². The summed E-state index contributed by atoms with van der Waals surface area (Å²) in [6.45, 7) is 0.493. The molecule has 0 aliphatic rings. The van der Waals surface area contributed by atoms with Gasteiger partial charge in [0, 0.05) is 6.42 Å². The monoisotopic (exact) mass is 306 g/mol. The second kappa shape index (κ2) is 6.97. The summed E-state index contributed by atoms with van der Waals surface area (Å²) >= 11 is 0. The molecule has 3 aromatic rings. The highest BCUT2D eigenvalue weighted by Crippen LogP contribution is 2.19. The van der Waals surface area contributed by atoms with E-state index >= 15 is 0 Å². The molecule has 0 aliphatic carbocycles. The van der Waals surface area contributed by atoms with Crippen molar-refractivity contribution in [2.75, 3.05) is 0 Å². The first kappa shape index (κ1) is 15.1. The summed E-state index contributed by atoms with van der Waals surface area (Å²) in [4.78, 5) is 10.6. The van der Waals surface area contributed by atoms with E-state index in [0.29, 0.717) is 13.0 Å². The Hall–Kier alpha value is -2.81. The third-order valence-corrected chi connectivity index (χ3v) is 3.75. The number of hydrogen-bond acceptors (Lipinski definition) is 2. The van der Waals surface area contributed by atoms with Gasteiger partial charge in [-0.1, -0.05) is 48.5 Å². The van der Waals surface area contributed by atoms with Gasteiger partial charge >= 0.3 is 5.97 Å². The smallest absolute Gasteiger partial charge is 0.303 e. The summed E-state index contributed by atoms with van der Waals surface area (Å²) in [5, 5.41) is 11.2. The highest BCUT2D eigenvalue weighted by molar-refractivity contribution is 5.82. The van der Waals surface area contributed by atoms with Crippen LogP contribution in [0.3, 0.4) is 0 Å². The molecule has 0 heterocycles. The number of rotatable bonds is 6. The molecule has 0 atom stereocenters. The predicted octanol–water partition coefficient (Wildman–Crippen LogP) is 4.44. The molecule has 0 saturated heterocycles. The Kier molecular flexibility index (Phi) is 4.57. The summed E-state index contributed by atoms with van der Waals surface area (Å²) in [6.07, 6.45) is 0.649. The molecular formula is C20H18O3. The van der Waals surface area contributed by atoms with E-state index in [0.717, 1.165) is 16.9 Å². The summed E-state index contributed by atoms with van der Waals surface area (Å²) < 4.78 is 5.84. The minimum Gasteiger partial charge on any atom is -0.489 e. The quantitative estimate of drug-likeness (QED) is 0.732. The maximum Gasteiger partial charge on any atom is 0.303 e. The Balaban J connectivity index is 1.67. The van der Waals surface area contributed by atoms with Crippen LogP contribution >= 0.6 is 0 Å². The van der Waals surface area contributed by atoms with Gasteiger partial charge in [0.05, 0.1) is 0 Å². The first-order valence-corrected chi connectivity index (χ1v) is 7.62. The van der Waals surface area contributed by atoms with Crippen LogP contribution in [-0.4, -0.2) is 11.1 Å². The van der Waals surface area contributed by atoms with Crippen molar-refractivity contribution >= 4 is 16.7 Å². The van der Waals surface area contributed by atoms with Crippen LogP contribution in [0.15, 0.2) is 66.7 Å². The lowest BCUT2D eigenvalue weighted by atomic mass is 10.1. The Morgan fingerprint density at radius 1 is 0.870 bits per heavy atom. The standard InChI is InChI=1S/C20H18O3/c21-20(22)11-9-15-4-3-7-19(13-15)23-14-16-8-10-17-5-1-2-6-18(17)12-16/h1-8,10,12-13H,9,11,14H2,(H,21,22). The lowest BCUT2D eigenvalue weighted by molar-refractivity contribution is -0.136. The molecule has 0 saturated carbocycles. The van der Waals surface area contributed by atoms with E-state index in [4.69, 9.17) is 9.84 Å². The molecule has 0 bridgehead atoms. The number of benzene rings is 3. The Morgan fingerprint density at radius 2 is 1.70 bits per heavy atom. The molecule has 0 amide bonds. The summed E-state index contributed by atoms with van der Waals surface area (Å²) in [6, 6.07) is 22.1. The zero-order valence-electron chi connectivity index (χ0n) is 12.7. The summed E-state index contributed by atoms with van der Waals surface area (Å²) in [7, 11) is 0. The molecule has 1 N–H and O–H groups in total. The average molecular weight is 306 g/mol. The van der Waals surface area contributed by atoms with Crippen LogP contribution in [0.2, 0.25) is 0 Å².